The quantitative estimate of drug-likeness (QED) is 0.0268. The van der Waals surface area contributed by atoms with Gasteiger partial charge in [0.1, 0.15) is 13.2 Å². The molecule has 0 aliphatic carbocycles. The maximum absolute atomic E-state index is 12.7. The Kier molecular flexibility index (Phi) is 41.0. The standard InChI is InChI=1S/C48H84O6/c1-4-7-10-13-16-18-20-22-23-24-25-27-28-30-32-35-38-41-47(50)53-44-45(43-52-46(49)40-37-34-15-12-9-6-3)54-48(51)42-39-36-33-31-29-26-21-19-17-14-11-8-5-2/h8,11,17,19,22-23,26,29,45H,4-7,9-10,12-16,18,20-21,24-25,27-28,30-44H2,1-3H3/b11-8-,19-17-,23-22-,29-26-. The topological polar surface area (TPSA) is 78.9 Å². The maximum atomic E-state index is 12.7. The summed E-state index contributed by atoms with van der Waals surface area (Å²) in [7, 11) is 0. The molecule has 312 valence electrons. The zero-order chi connectivity index (χ0) is 39.4. The highest BCUT2D eigenvalue weighted by atomic mass is 16.6. The molecule has 0 aromatic rings. The summed E-state index contributed by atoms with van der Waals surface area (Å²) in [6.07, 6.45) is 49.7. The predicted molar refractivity (Wildman–Crippen MR) is 229 cm³/mol. The van der Waals surface area contributed by atoms with Gasteiger partial charge in [0.05, 0.1) is 0 Å². The summed E-state index contributed by atoms with van der Waals surface area (Å²) in [6.45, 7) is 6.42. The zero-order valence-corrected chi connectivity index (χ0v) is 35.5. The lowest BCUT2D eigenvalue weighted by molar-refractivity contribution is -0.167. The van der Waals surface area contributed by atoms with E-state index >= 15 is 0 Å². The molecule has 0 bridgehead atoms. The fourth-order valence-corrected chi connectivity index (χ4v) is 6.16. The van der Waals surface area contributed by atoms with Gasteiger partial charge in [-0.25, -0.2) is 0 Å². The highest BCUT2D eigenvalue weighted by molar-refractivity contribution is 5.71. The molecule has 6 heteroatoms. The molecule has 0 aliphatic heterocycles. The van der Waals surface area contributed by atoms with Gasteiger partial charge in [-0.15, -0.1) is 0 Å². The van der Waals surface area contributed by atoms with E-state index < -0.39 is 6.10 Å². The second-order valence-corrected chi connectivity index (χ2v) is 14.9. The molecule has 0 aromatic heterocycles. The monoisotopic (exact) mass is 757 g/mol. The van der Waals surface area contributed by atoms with E-state index in [2.05, 4.69) is 69.4 Å². The highest BCUT2D eigenvalue weighted by Crippen LogP contribution is 2.13. The predicted octanol–water partition coefficient (Wildman–Crippen LogP) is 14.4. The Labute approximate surface area is 333 Å². The van der Waals surface area contributed by atoms with Crippen LogP contribution in [0.5, 0.6) is 0 Å². The number of allylic oxidation sites excluding steroid dienone is 8. The van der Waals surface area contributed by atoms with Gasteiger partial charge in [-0.1, -0.05) is 172 Å². The van der Waals surface area contributed by atoms with Gasteiger partial charge in [-0.05, 0) is 77.0 Å². The van der Waals surface area contributed by atoms with Crippen LogP contribution in [0.15, 0.2) is 48.6 Å². The molecule has 1 unspecified atom stereocenters. The third-order valence-electron chi connectivity index (χ3n) is 9.57. The average Bonchev–Trinajstić information content (AvgIpc) is 3.17. The SMILES string of the molecule is CC/C=C\C/C=C\C/C=C\CCCCCC(=O)OC(COC(=O)CCCCCCCC)COC(=O)CCCCCCCCC/C=C\CCCCCCCC. The van der Waals surface area contributed by atoms with Crippen LogP contribution in [0, 0.1) is 0 Å². The summed E-state index contributed by atoms with van der Waals surface area (Å²) >= 11 is 0. The summed E-state index contributed by atoms with van der Waals surface area (Å²) in [4.78, 5) is 37.5. The molecule has 0 heterocycles. The van der Waals surface area contributed by atoms with Crippen molar-refractivity contribution in [3.8, 4) is 0 Å². The lowest BCUT2D eigenvalue weighted by Crippen LogP contribution is -2.30. The fraction of sp³-hybridized carbons (Fsp3) is 0.771. The Morgan fingerprint density at radius 2 is 0.722 bits per heavy atom. The normalized spacial score (nSPS) is 12.4. The zero-order valence-electron chi connectivity index (χ0n) is 35.5. The minimum atomic E-state index is -0.784. The minimum absolute atomic E-state index is 0.0866. The largest absolute Gasteiger partial charge is 0.462 e. The number of hydrogen-bond donors (Lipinski definition) is 0. The molecule has 0 aromatic carbocycles. The third kappa shape index (κ3) is 40.6. The van der Waals surface area contributed by atoms with Gasteiger partial charge in [0.25, 0.3) is 0 Å². The molecular formula is C48H84O6. The third-order valence-corrected chi connectivity index (χ3v) is 9.57. The van der Waals surface area contributed by atoms with Gasteiger partial charge in [-0.2, -0.15) is 0 Å². The molecule has 54 heavy (non-hydrogen) atoms. The number of ether oxygens (including phenoxy) is 3. The van der Waals surface area contributed by atoms with E-state index in [0.29, 0.717) is 19.3 Å². The van der Waals surface area contributed by atoms with E-state index in [-0.39, 0.29) is 31.1 Å². The van der Waals surface area contributed by atoms with Crippen molar-refractivity contribution in [2.75, 3.05) is 13.2 Å². The Morgan fingerprint density at radius 1 is 0.389 bits per heavy atom. The van der Waals surface area contributed by atoms with Gasteiger partial charge in [0.2, 0.25) is 0 Å². The van der Waals surface area contributed by atoms with Gasteiger partial charge < -0.3 is 14.2 Å². The summed E-state index contributed by atoms with van der Waals surface area (Å²) in [5.41, 5.74) is 0. The summed E-state index contributed by atoms with van der Waals surface area (Å²) in [5, 5.41) is 0. The van der Waals surface area contributed by atoms with Crippen LogP contribution in [0.25, 0.3) is 0 Å². The van der Waals surface area contributed by atoms with Crippen LogP contribution in [-0.4, -0.2) is 37.2 Å². The first-order chi connectivity index (χ1) is 26.5. The number of hydrogen-bond acceptors (Lipinski definition) is 6. The molecule has 0 rings (SSSR count). The lowest BCUT2D eigenvalue weighted by atomic mass is 10.1. The van der Waals surface area contributed by atoms with E-state index in [1.807, 2.05) is 0 Å². The van der Waals surface area contributed by atoms with Crippen molar-refractivity contribution in [2.45, 2.75) is 226 Å². The Morgan fingerprint density at radius 3 is 1.17 bits per heavy atom. The van der Waals surface area contributed by atoms with Crippen molar-refractivity contribution >= 4 is 17.9 Å². The molecule has 0 saturated heterocycles. The van der Waals surface area contributed by atoms with E-state index in [0.717, 1.165) is 83.5 Å². The number of carbonyl (C=O) groups is 3. The Bertz CT molecular complexity index is 964. The van der Waals surface area contributed by atoms with Crippen LogP contribution in [0.4, 0.5) is 0 Å². The smallest absolute Gasteiger partial charge is 0.306 e. The fourth-order valence-electron chi connectivity index (χ4n) is 6.16. The molecule has 0 saturated carbocycles. The van der Waals surface area contributed by atoms with Crippen LogP contribution >= 0.6 is 0 Å². The second-order valence-electron chi connectivity index (χ2n) is 14.9. The van der Waals surface area contributed by atoms with E-state index in [9.17, 15) is 14.4 Å². The van der Waals surface area contributed by atoms with Crippen molar-refractivity contribution < 1.29 is 28.6 Å². The Hall–Kier alpha value is -2.63. The molecule has 0 N–H and O–H groups in total. The van der Waals surface area contributed by atoms with E-state index in [4.69, 9.17) is 14.2 Å². The number of unbranched alkanes of at least 4 members (excludes halogenated alkanes) is 21. The first-order valence-electron chi connectivity index (χ1n) is 22.6. The van der Waals surface area contributed by atoms with Gasteiger partial charge in [0, 0.05) is 19.3 Å². The Balaban J connectivity index is 4.29. The maximum Gasteiger partial charge on any atom is 0.306 e. The average molecular weight is 757 g/mol. The van der Waals surface area contributed by atoms with Crippen LogP contribution < -0.4 is 0 Å². The first kappa shape index (κ1) is 51.4. The van der Waals surface area contributed by atoms with Crippen molar-refractivity contribution in [3.63, 3.8) is 0 Å². The molecular weight excluding hydrogens is 673 g/mol. The molecule has 6 nitrogen and oxygen atoms in total. The van der Waals surface area contributed by atoms with Crippen LogP contribution in [0.2, 0.25) is 0 Å². The molecule has 0 radical (unpaired) electrons. The minimum Gasteiger partial charge on any atom is -0.462 e. The van der Waals surface area contributed by atoms with Gasteiger partial charge in [-0.3, -0.25) is 14.4 Å². The molecule has 0 spiro atoms. The number of esters is 3. The molecule has 0 fully saturated rings. The summed E-state index contributed by atoms with van der Waals surface area (Å²) in [5.74, 6) is -0.932. The lowest BCUT2D eigenvalue weighted by Gasteiger charge is -2.18. The van der Waals surface area contributed by atoms with E-state index in [1.54, 1.807) is 0 Å². The molecule has 0 aliphatic rings. The van der Waals surface area contributed by atoms with Gasteiger partial charge in [0.15, 0.2) is 6.10 Å². The van der Waals surface area contributed by atoms with Crippen LogP contribution in [-0.2, 0) is 28.6 Å². The second kappa shape index (κ2) is 43.1. The summed E-state index contributed by atoms with van der Waals surface area (Å²) < 4.78 is 16.6. The van der Waals surface area contributed by atoms with Crippen LogP contribution in [0.1, 0.15) is 220 Å². The van der Waals surface area contributed by atoms with Crippen LogP contribution in [0.3, 0.4) is 0 Å². The summed E-state index contributed by atoms with van der Waals surface area (Å²) in [6, 6.07) is 0. The van der Waals surface area contributed by atoms with Crippen molar-refractivity contribution in [2.24, 2.45) is 0 Å². The van der Waals surface area contributed by atoms with Crippen molar-refractivity contribution in [1.82, 2.24) is 0 Å². The van der Waals surface area contributed by atoms with Gasteiger partial charge >= 0.3 is 17.9 Å². The first-order valence-corrected chi connectivity index (χ1v) is 22.6. The molecule has 0 amide bonds. The molecule has 1 atom stereocenters. The highest BCUT2D eigenvalue weighted by Gasteiger charge is 2.19. The number of carbonyl (C=O) groups excluding carboxylic acids is 3. The van der Waals surface area contributed by atoms with Crippen molar-refractivity contribution in [3.05, 3.63) is 48.6 Å². The van der Waals surface area contributed by atoms with E-state index in [1.165, 1.54) is 96.3 Å². The van der Waals surface area contributed by atoms with Crippen molar-refractivity contribution in [1.29, 1.82) is 0 Å². The number of rotatable bonds is 40.